The highest BCUT2D eigenvalue weighted by molar-refractivity contribution is 6.33. The summed E-state index contributed by atoms with van der Waals surface area (Å²) in [6.07, 6.45) is 2.45. The monoisotopic (exact) mass is 229 g/mol. The fraction of sp³-hybridized carbons (Fsp3) is 0.600. The summed E-state index contributed by atoms with van der Waals surface area (Å²) in [6.45, 7) is 5.79. The zero-order valence-corrected chi connectivity index (χ0v) is 9.84. The standard InChI is InChI=1S/C10H16ClN3O/c1-3-5-14-10(8(11)6-13-14)9(15)7-12-4-2/h6,12H,3-5,7H2,1-2H3. The Kier molecular flexibility index (Phi) is 4.78. The molecule has 0 unspecified atom stereocenters. The van der Waals surface area contributed by atoms with Gasteiger partial charge in [-0.3, -0.25) is 9.48 Å². The summed E-state index contributed by atoms with van der Waals surface area (Å²) in [5.74, 6) is -0.00667. The number of nitrogens with one attached hydrogen (secondary N) is 1. The fourth-order valence-corrected chi connectivity index (χ4v) is 1.59. The van der Waals surface area contributed by atoms with Gasteiger partial charge in [-0.05, 0) is 13.0 Å². The number of aryl methyl sites for hydroxylation is 1. The van der Waals surface area contributed by atoms with Gasteiger partial charge in [0.1, 0.15) is 5.69 Å². The van der Waals surface area contributed by atoms with Crippen LogP contribution in [0.25, 0.3) is 0 Å². The van der Waals surface area contributed by atoms with Crippen molar-refractivity contribution >= 4 is 17.4 Å². The molecule has 0 saturated carbocycles. The highest BCUT2D eigenvalue weighted by atomic mass is 35.5. The highest BCUT2D eigenvalue weighted by Gasteiger charge is 2.16. The van der Waals surface area contributed by atoms with Crippen molar-refractivity contribution in [3.8, 4) is 0 Å². The molecule has 0 aliphatic heterocycles. The van der Waals surface area contributed by atoms with Crippen LogP contribution in [0.1, 0.15) is 30.8 Å². The van der Waals surface area contributed by atoms with Crippen molar-refractivity contribution in [3.63, 3.8) is 0 Å². The van der Waals surface area contributed by atoms with Gasteiger partial charge in [0.15, 0.2) is 5.78 Å². The summed E-state index contributed by atoms with van der Waals surface area (Å²) < 4.78 is 1.67. The van der Waals surface area contributed by atoms with E-state index < -0.39 is 0 Å². The molecule has 0 bridgehead atoms. The molecular formula is C10H16ClN3O. The Hall–Kier alpha value is -0.870. The van der Waals surface area contributed by atoms with Crippen molar-refractivity contribution in [1.29, 1.82) is 0 Å². The van der Waals surface area contributed by atoms with E-state index in [9.17, 15) is 4.79 Å². The van der Waals surface area contributed by atoms with Crippen LogP contribution < -0.4 is 5.32 Å². The molecular weight excluding hydrogens is 214 g/mol. The zero-order chi connectivity index (χ0) is 11.3. The van der Waals surface area contributed by atoms with Gasteiger partial charge in [0.2, 0.25) is 0 Å². The summed E-state index contributed by atoms with van der Waals surface area (Å²) in [4.78, 5) is 11.8. The smallest absolute Gasteiger partial charge is 0.196 e. The predicted molar refractivity (Wildman–Crippen MR) is 60.4 cm³/mol. The number of likely N-dealkylation sites (N-methyl/N-ethyl adjacent to an activating group) is 1. The minimum atomic E-state index is -0.00667. The number of carbonyl (C=O) groups excluding carboxylic acids is 1. The van der Waals surface area contributed by atoms with Crippen LogP contribution in [0.4, 0.5) is 0 Å². The number of hydrogen-bond acceptors (Lipinski definition) is 3. The molecule has 1 heterocycles. The lowest BCUT2D eigenvalue weighted by molar-refractivity contribution is 0.0981. The molecule has 1 aromatic rings. The Morgan fingerprint density at radius 3 is 2.93 bits per heavy atom. The van der Waals surface area contributed by atoms with Crippen LogP contribution in [0.15, 0.2) is 6.20 Å². The fourth-order valence-electron chi connectivity index (χ4n) is 1.34. The Balaban J connectivity index is 2.80. The van der Waals surface area contributed by atoms with Crippen LogP contribution in [-0.2, 0) is 6.54 Å². The Morgan fingerprint density at radius 2 is 2.33 bits per heavy atom. The molecule has 0 amide bonds. The van der Waals surface area contributed by atoms with Gasteiger partial charge in [0.25, 0.3) is 0 Å². The molecule has 0 spiro atoms. The molecule has 5 heteroatoms. The van der Waals surface area contributed by atoms with E-state index in [1.165, 1.54) is 6.20 Å². The second-order valence-electron chi connectivity index (χ2n) is 3.27. The second-order valence-corrected chi connectivity index (χ2v) is 3.67. The molecule has 84 valence electrons. The van der Waals surface area contributed by atoms with Gasteiger partial charge >= 0.3 is 0 Å². The first-order chi connectivity index (χ1) is 7.20. The number of carbonyl (C=O) groups is 1. The molecule has 0 atom stereocenters. The molecule has 0 aliphatic carbocycles. The van der Waals surface area contributed by atoms with Crippen LogP contribution in [-0.4, -0.2) is 28.7 Å². The van der Waals surface area contributed by atoms with Gasteiger partial charge in [-0.1, -0.05) is 25.4 Å². The van der Waals surface area contributed by atoms with Crippen molar-refractivity contribution in [2.75, 3.05) is 13.1 Å². The van der Waals surface area contributed by atoms with E-state index in [1.54, 1.807) is 4.68 Å². The van der Waals surface area contributed by atoms with Crippen molar-refractivity contribution < 1.29 is 4.79 Å². The third-order valence-electron chi connectivity index (χ3n) is 2.03. The van der Waals surface area contributed by atoms with Gasteiger partial charge < -0.3 is 5.32 Å². The molecule has 0 radical (unpaired) electrons. The third-order valence-corrected chi connectivity index (χ3v) is 2.31. The average Bonchev–Trinajstić information content (AvgIpc) is 2.57. The summed E-state index contributed by atoms with van der Waals surface area (Å²) in [5, 5.41) is 7.49. The van der Waals surface area contributed by atoms with E-state index in [2.05, 4.69) is 10.4 Å². The van der Waals surface area contributed by atoms with Crippen molar-refractivity contribution in [2.24, 2.45) is 0 Å². The molecule has 0 aromatic carbocycles. The highest BCUT2D eigenvalue weighted by Crippen LogP contribution is 2.15. The molecule has 0 fully saturated rings. The van der Waals surface area contributed by atoms with E-state index in [-0.39, 0.29) is 5.78 Å². The third kappa shape index (κ3) is 3.04. The topological polar surface area (TPSA) is 46.9 Å². The van der Waals surface area contributed by atoms with Crippen LogP contribution >= 0.6 is 11.6 Å². The predicted octanol–water partition coefficient (Wildman–Crippen LogP) is 1.74. The normalized spacial score (nSPS) is 10.6. The minimum absolute atomic E-state index is 0.00667. The summed E-state index contributed by atoms with van der Waals surface area (Å²) in [7, 11) is 0. The van der Waals surface area contributed by atoms with E-state index >= 15 is 0 Å². The van der Waals surface area contributed by atoms with Gasteiger partial charge in [-0.2, -0.15) is 5.10 Å². The average molecular weight is 230 g/mol. The lowest BCUT2D eigenvalue weighted by Crippen LogP contribution is -2.25. The van der Waals surface area contributed by atoms with Crippen molar-refractivity contribution in [1.82, 2.24) is 15.1 Å². The number of halogens is 1. The molecule has 1 rings (SSSR count). The Morgan fingerprint density at radius 1 is 1.60 bits per heavy atom. The van der Waals surface area contributed by atoms with E-state index in [0.717, 1.165) is 19.5 Å². The van der Waals surface area contributed by atoms with Crippen molar-refractivity contribution in [3.05, 3.63) is 16.9 Å². The number of rotatable bonds is 6. The molecule has 1 N–H and O–H groups in total. The van der Waals surface area contributed by atoms with E-state index in [4.69, 9.17) is 11.6 Å². The quantitative estimate of drug-likeness (QED) is 0.756. The maximum absolute atomic E-state index is 11.8. The summed E-state index contributed by atoms with van der Waals surface area (Å²) >= 11 is 5.92. The second kappa shape index (κ2) is 5.88. The first-order valence-electron chi connectivity index (χ1n) is 5.15. The maximum atomic E-state index is 11.8. The van der Waals surface area contributed by atoms with E-state index in [1.807, 2.05) is 13.8 Å². The van der Waals surface area contributed by atoms with E-state index in [0.29, 0.717) is 17.3 Å². The largest absolute Gasteiger partial charge is 0.310 e. The number of nitrogens with zero attached hydrogens (tertiary/aromatic N) is 2. The molecule has 15 heavy (non-hydrogen) atoms. The first-order valence-corrected chi connectivity index (χ1v) is 5.53. The van der Waals surface area contributed by atoms with Gasteiger partial charge in [-0.25, -0.2) is 0 Å². The Labute approximate surface area is 94.6 Å². The summed E-state index contributed by atoms with van der Waals surface area (Å²) in [6, 6.07) is 0. The van der Waals surface area contributed by atoms with Crippen LogP contribution in [0, 0.1) is 0 Å². The van der Waals surface area contributed by atoms with Gasteiger partial charge in [0.05, 0.1) is 17.8 Å². The zero-order valence-electron chi connectivity index (χ0n) is 9.09. The van der Waals surface area contributed by atoms with Crippen LogP contribution in [0.2, 0.25) is 5.02 Å². The lowest BCUT2D eigenvalue weighted by Gasteiger charge is -2.05. The first kappa shape index (κ1) is 12.2. The molecule has 0 saturated heterocycles. The van der Waals surface area contributed by atoms with Crippen LogP contribution in [0.3, 0.4) is 0 Å². The Bertz CT molecular complexity index is 335. The van der Waals surface area contributed by atoms with Crippen LogP contribution in [0.5, 0.6) is 0 Å². The molecule has 4 nitrogen and oxygen atoms in total. The number of ketones is 1. The SMILES string of the molecule is CCCn1ncc(Cl)c1C(=O)CNCC. The number of Topliss-reactive ketones (excluding diaryl/α,β-unsaturated/α-hetero) is 1. The number of hydrogen-bond donors (Lipinski definition) is 1. The minimum Gasteiger partial charge on any atom is -0.310 e. The van der Waals surface area contributed by atoms with Gasteiger partial charge in [0, 0.05) is 6.54 Å². The van der Waals surface area contributed by atoms with Gasteiger partial charge in [-0.15, -0.1) is 0 Å². The van der Waals surface area contributed by atoms with Crippen molar-refractivity contribution in [2.45, 2.75) is 26.8 Å². The number of aromatic nitrogens is 2. The molecule has 1 aromatic heterocycles. The lowest BCUT2D eigenvalue weighted by atomic mass is 10.2. The summed E-state index contributed by atoms with van der Waals surface area (Å²) in [5.41, 5.74) is 0.513. The molecule has 0 aliphatic rings. The maximum Gasteiger partial charge on any atom is 0.196 e.